The second kappa shape index (κ2) is 3.54. The number of hydrogen-bond donors (Lipinski definition) is 2. The zero-order chi connectivity index (χ0) is 10.2. The molecule has 2 N–H and O–H groups in total. The quantitative estimate of drug-likeness (QED) is 0.704. The van der Waals surface area contributed by atoms with Crippen LogP contribution >= 0.6 is 0 Å². The minimum atomic E-state index is -0.681. The Balaban J connectivity index is 1.86. The minimum Gasteiger partial charge on any atom is -0.480 e. The van der Waals surface area contributed by atoms with Crippen molar-refractivity contribution in [3.8, 4) is 0 Å². The van der Waals surface area contributed by atoms with Crippen LogP contribution in [-0.4, -0.2) is 23.2 Å². The van der Waals surface area contributed by atoms with E-state index >= 15 is 0 Å². The standard InChI is InChI=1S/C11H19NO2/c1-11(10(13)14,9-5-6-9)12-7-8-3-2-4-8/h8-9,12H,2-7H2,1H3,(H,13,14). The molecule has 0 radical (unpaired) electrons. The van der Waals surface area contributed by atoms with E-state index in [-0.39, 0.29) is 0 Å². The number of nitrogens with one attached hydrogen (secondary N) is 1. The highest BCUT2D eigenvalue weighted by Crippen LogP contribution is 2.40. The van der Waals surface area contributed by atoms with E-state index in [0.29, 0.717) is 5.92 Å². The number of carbonyl (C=O) groups is 1. The fourth-order valence-electron chi connectivity index (χ4n) is 2.11. The number of carboxylic acids is 1. The third kappa shape index (κ3) is 1.78. The molecule has 0 aliphatic heterocycles. The lowest BCUT2D eigenvalue weighted by molar-refractivity contribution is -0.145. The topological polar surface area (TPSA) is 49.3 Å². The molecule has 14 heavy (non-hydrogen) atoms. The molecule has 0 spiro atoms. The van der Waals surface area contributed by atoms with E-state index in [2.05, 4.69) is 5.32 Å². The predicted molar refractivity (Wildman–Crippen MR) is 54.1 cm³/mol. The van der Waals surface area contributed by atoms with E-state index in [1.54, 1.807) is 0 Å². The molecule has 0 aromatic heterocycles. The van der Waals surface area contributed by atoms with Crippen molar-refractivity contribution in [1.82, 2.24) is 5.32 Å². The zero-order valence-corrected chi connectivity index (χ0v) is 8.75. The van der Waals surface area contributed by atoms with Crippen LogP contribution in [0, 0.1) is 11.8 Å². The maximum absolute atomic E-state index is 11.2. The van der Waals surface area contributed by atoms with E-state index in [1.807, 2.05) is 6.92 Å². The third-order valence-corrected chi connectivity index (χ3v) is 3.82. The summed E-state index contributed by atoms with van der Waals surface area (Å²) in [5.41, 5.74) is -0.657. The Kier molecular flexibility index (Phi) is 2.52. The van der Waals surface area contributed by atoms with Gasteiger partial charge in [-0.3, -0.25) is 4.79 Å². The van der Waals surface area contributed by atoms with Crippen LogP contribution in [0.1, 0.15) is 39.0 Å². The van der Waals surface area contributed by atoms with Crippen molar-refractivity contribution in [1.29, 1.82) is 0 Å². The van der Waals surface area contributed by atoms with Gasteiger partial charge in [-0.15, -0.1) is 0 Å². The highest BCUT2D eigenvalue weighted by atomic mass is 16.4. The third-order valence-electron chi connectivity index (χ3n) is 3.82. The Morgan fingerprint density at radius 3 is 2.43 bits per heavy atom. The molecule has 80 valence electrons. The van der Waals surface area contributed by atoms with Crippen molar-refractivity contribution in [2.75, 3.05) is 6.54 Å². The van der Waals surface area contributed by atoms with Crippen molar-refractivity contribution in [2.24, 2.45) is 11.8 Å². The van der Waals surface area contributed by atoms with Crippen molar-refractivity contribution in [3.05, 3.63) is 0 Å². The average Bonchev–Trinajstić information content (AvgIpc) is 2.82. The summed E-state index contributed by atoms with van der Waals surface area (Å²) in [4.78, 5) is 11.2. The van der Waals surface area contributed by atoms with Gasteiger partial charge < -0.3 is 10.4 Å². The fraction of sp³-hybridized carbons (Fsp3) is 0.909. The van der Waals surface area contributed by atoms with E-state index in [0.717, 1.165) is 25.3 Å². The predicted octanol–water partition coefficient (Wildman–Crippen LogP) is 1.63. The second-order valence-corrected chi connectivity index (χ2v) is 4.96. The number of hydrogen-bond acceptors (Lipinski definition) is 2. The molecule has 0 saturated heterocycles. The smallest absolute Gasteiger partial charge is 0.323 e. The molecule has 2 saturated carbocycles. The first-order valence-corrected chi connectivity index (χ1v) is 5.61. The molecule has 1 unspecified atom stereocenters. The summed E-state index contributed by atoms with van der Waals surface area (Å²) in [6, 6.07) is 0. The van der Waals surface area contributed by atoms with Gasteiger partial charge in [-0.25, -0.2) is 0 Å². The van der Waals surface area contributed by atoms with Crippen LogP contribution in [0.25, 0.3) is 0 Å². The molecule has 1 atom stereocenters. The second-order valence-electron chi connectivity index (χ2n) is 4.96. The maximum atomic E-state index is 11.2. The van der Waals surface area contributed by atoms with Gasteiger partial charge in [0.2, 0.25) is 0 Å². The Morgan fingerprint density at radius 1 is 1.43 bits per heavy atom. The molecular weight excluding hydrogens is 178 g/mol. The van der Waals surface area contributed by atoms with E-state index in [4.69, 9.17) is 0 Å². The molecule has 0 heterocycles. The van der Waals surface area contributed by atoms with Gasteiger partial charge in [0.1, 0.15) is 5.54 Å². The lowest BCUT2D eigenvalue weighted by Crippen LogP contribution is -2.53. The summed E-state index contributed by atoms with van der Waals surface area (Å²) in [5, 5.41) is 12.4. The van der Waals surface area contributed by atoms with Gasteiger partial charge in [0.05, 0.1) is 0 Å². The van der Waals surface area contributed by atoms with Gasteiger partial charge in [-0.2, -0.15) is 0 Å². The zero-order valence-electron chi connectivity index (χ0n) is 8.75. The lowest BCUT2D eigenvalue weighted by Gasteiger charge is -2.32. The molecule has 2 rings (SSSR count). The molecule has 0 amide bonds. The first kappa shape index (κ1) is 9.97. The normalized spacial score (nSPS) is 26.6. The van der Waals surface area contributed by atoms with Crippen molar-refractivity contribution < 1.29 is 9.90 Å². The van der Waals surface area contributed by atoms with Gasteiger partial charge in [0.15, 0.2) is 0 Å². The Morgan fingerprint density at radius 2 is 2.07 bits per heavy atom. The number of aliphatic carboxylic acids is 1. The SMILES string of the molecule is CC(NCC1CCC1)(C(=O)O)C1CC1. The summed E-state index contributed by atoms with van der Waals surface area (Å²) < 4.78 is 0. The number of rotatable bonds is 5. The Bertz CT molecular complexity index is 233. The van der Waals surface area contributed by atoms with Gasteiger partial charge in [-0.05, 0) is 51.0 Å². The van der Waals surface area contributed by atoms with Crippen molar-refractivity contribution in [2.45, 2.75) is 44.6 Å². The average molecular weight is 197 g/mol. The summed E-state index contributed by atoms with van der Waals surface area (Å²) in [5.74, 6) is 0.409. The Hall–Kier alpha value is -0.570. The molecule has 0 aromatic rings. The van der Waals surface area contributed by atoms with E-state index < -0.39 is 11.5 Å². The monoisotopic (exact) mass is 197 g/mol. The molecule has 2 fully saturated rings. The molecule has 2 aliphatic rings. The highest BCUT2D eigenvalue weighted by Gasteiger charge is 2.47. The molecule has 0 aromatic carbocycles. The summed E-state index contributed by atoms with van der Waals surface area (Å²) >= 11 is 0. The molecular formula is C11H19NO2. The van der Waals surface area contributed by atoms with E-state index in [9.17, 15) is 9.90 Å². The van der Waals surface area contributed by atoms with Crippen molar-refractivity contribution >= 4 is 5.97 Å². The van der Waals surface area contributed by atoms with Crippen LogP contribution in [0.2, 0.25) is 0 Å². The van der Waals surface area contributed by atoms with Crippen LogP contribution in [0.4, 0.5) is 0 Å². The minimum absolute atomic E-state index is 0.361. The Labute approximate surface area is 84.9 Å². The fourth-order valence-corrected chi connectivity index (χ4v) is 2.11. The van der Waals surface area contributed by atoms with Crippen LogP contribution < -0.4 is 5.32 Å². The maximum Gasteiger partial charge on any atom is 0.323 e. The lowest BCUT2D eigenvalue weighted by atomic mass is 9.84. The molecule has 2 aliphatic carbocycles. The van der Waals surface area contributed by atoms with E-state index in [1.165, 1.54) is 19.3 Å². The largest absolute Gasteiger partial charge is 0.480 e. The first-order chi connectivity index (χ1) is 6.63. The molecule has 3 heteroatoms. The molecule has 3 nitrogen and oxygen atoms in total. The van der Waals surface area contributed by atoms with Crippen LogP contribution in [-0.2, 0) is 4.79 Å². The van der Waals surface area contributed by atoms with Crippen molar-refractivity contribution in [3.63, 3.8) is 0 Å². The van der Waals surface area contributed by atoms with Gasteiger partial charge in [-0.1, -0.05) is 6.42 Å². The first-order valence-electron chi connectivity index (χ1n) is 5.61. The van der Waals surface area contributed by atoms with Crippen LogP contribution in [0.3, 0.4) is 0 Å². The van der Waals surface area contributed by atoms with Gasteiger partial charge >= 0.3 is 5.97 Å². The van der Waals surface area contributed by atoms with Gasteiger partial charge in [0, 0.05) is 0 Å². The molecule has 0 bridgehead atoms. The highest BCUT2D eigenvalue weighted by molar-refractivity contribution is 5.79. The van der Waals surface area contributed by atoms with Gasteiger partial charge in [0.25, 0.3) is 0 Å². The van der Waals surface area contributed by atoms with Crippen LogP contribution in [0.15, 0.2) is 0 Å². The number of carboxylic acid groups (broad SMARTS) is 1. The summed E-state index contributed by atoms with van der Waals surface area (Å²) in [7, 11) is 0. The summed E-state index contributed by atoms with van der Waals surface area (Å²) in [6.07, 6.45) is 6.00. The summed E-state index contributed by atoms with van der Waals surface area (Å²) in [6.45, 7) is 2.73. The van der Waals surface area contributed by atoms with Crippen LogP contribution in [0.5, 0.6) is 0 Å².